The molecule has 0 spiro atoms. The van der Waals surface area contributed by atoms with E-state index in [2.05, 4.69) is 20.6 Å². The van der Waals surface area contributed by atoms with Gasteiger partial charge in [-0.3, -0.25) is 10.2 Å². The van der Waals surface area contributed by atoms with Crippen molar-refractivity contribution in [2.24, 2.45) is 0 Å². The van der Waals surface area contributed by atoms with E-state index >= 15 is 0 Å². The highest BCUT2D eigenvalue weighted by Gasteiger charge is 2.24. The fourth-order valence-corrected chi connectivity index (χ4v) is 4.32. The number of nitrogen functional groups attached to an aromatic ring is 1. The number of carbonyl (C=O) groups is 1. The molecule has 1 aliphatic carbocycles. The molecule has 0 radical (unpaired) electrons. The highest BCUT2D eigenvalue weighted by molar-refractivity contribution is 6.16. The molecule has 1 saturated carbocycles. The number of para-hydroxylation sites is 1. The van der Waals surface area contributed by atoms with E-state index in [1.54, 1.807) is 0 Å². The molecule has 3 aromatic rings. The fraction of sp³-hybridized carbons (Fsp3) is 0.333. The van der Waals surface area contributed by atoms with Gasteiger partial charge in [0.15, 0.2) is 0 Å². The molecule has 1 aromatic heterocycles. The summed E-state index contributed by atoms with van der Waals surface area (Å²) >= 11 is 0. The Labute approximate surface area is 205 Å². The predicted octanol–water partition coefficient (Wildman–Crippen LogP) is 4.91. The minimum atomic E-state index is 0.128. The summed E-state index contributed by atoms with van der Waals surface area (Å²) in [6, 6.07) is 17.3. The van der Waals surface area contributed by atoms with E-state index in [9.17, 15) is 4.79 Å². The van der Waals surface area contributed by atoms with Crippen molar-refractivity contribution >= 4 is 23.3 Å². The summed E-state index contributed by atoms with van der Waals surface area (Å²) in [5.41, 5.74) is 7.63. The van der Waals surface area contributed by atoms with Crippen molar-refractivity contribution in [3.8, 4) is 11.5 Å². The number of carbonyl (C=O) groups excluding carboxylic acids is 1. The number of aromatic nitrogens is 2. The standard InChI is InChI=1S/C27H32N6O2/c1-2-6-23(34)32-19-11-13-20(14-12-19)33-27-24(26(29)30-17-31-27)25(28)18-9-15-22(16-10-18)35-21-7-4-3-5-8-21/h3-5,7-10,15-17,19-20,28H,2,6,11-14H2,1H3,(H,32,34)(H3,29,30,31,33). The first-order valence-electron chi connectivity index (χ1n) is 12.1. The second-order valence-corrected chi connectivity index (χ2v) is 8.81. The van der Waals surface area contributed by atoms with Gasteiger partial charge >= 0.3 is 0 Å². The van der Waals surface area contributed by atoms with E-state index in [4.69, 9.17) is 15.9 Å². The number of hydrogen-bond acceptors (Lipinski definition) is 7. The van der Waals surface area contributed by atoms with Crippen LogP contribution in [0.5, 0.6) is 11.5 Å². The maximum atomic E-state index is 11.9. The number of nitrogens with one attached hydrogen (secondary N) is 3. The summed E-state index contributed by atoms with van der Waals surface area (Å²) in [5, 5.41) is 15.4. The molecule has 0 atom stereocenters. The molecule has 0 bridgehead atoms. The number of hydrogen-bond donors (Lipinski definition) is 4. The quantitative estimate of drug-likeness (QED) is 0.328. The summed E-state index contributed by atoms with van der Waals surface area (Å²) in [5.74, 6) is 2.39. The molecule has 0 saturated heterocycles. The van der Waals surface area contributed by atoms with Crippen LogP contribution in [0.2, 0.25) is 0 Å². The average molecular weight is 473 g/mol. The minimum absolute atomic E-state index is 0.128. The van der Waals surface area contributed by atoms with Gasteiger partial charge in [0.05, 0.1) is 11.3 Å². The lowest BCUT2D eigenvalue weighted by Crippen LogP contribution is -2.40. The highest BCUT2D eigenvalue weighted by Crippen LogP contribution is 2.28. The molecule has 1 amide bonds. The predicted molar refractivity (Wildman–Crippen MR) is 138 cm³/mol. The first-order valence-corrected chi connectivity index (χ1v) is 12.1. The van der Waals surface area contributed by atoms with Crippen LogP contribution in [-0.2, 0) is 4.79 Å². The molecule has 0 unspecified atom stereocenters. The van der Waals surface area contributed by atoms with Gasteiger partial charge < -0.3 is 21.1 Å². The smallest absolute Gasteiger partial charge is 0.220 e. The number of benzene rings is 2. The lowest BCUT2D eigenvalue weighted by atomic mass is 9.90. The van der Waals surface area contributed by atoms with Crippen LogP contribution in [0.4, 0.5) is 11.6 Å². The SMILES string of the molecule is CCCC(=O)NC1CCC(Nc2ncnc(N)c2C(=N)c2ccc(Oc3ccccc3)cc2)CC1. The molecule has 1 aliphatic rings. The van der Waals surface area contributed by atoms with E-state index in [-0.39, 0.29) is 29.5 Å². The molecule has 4 rings (SSSR count). The normalized spacial score (nSPS) is 17.4. The van der Waals surface area contributed by atoms with Crippen LogP contribution < -0.4 is 21.1 Å². The van der Waals surface area contributed by atoms with Crippen molar-refractivity contribution in [1.29, 1.82) is 5.41 Å². The highest BCUT2D eigenvalue weighted by atomic mass is 16.5. The maximum absolute atomic E-state index is 11.9. The van der Waals surface area contributed by atoms with Crippen LogP contribution >= 0.6 is 0 Å². The molecule has 1 heterocycles. The molecule has 2 aromatic carbocycles. The van der Waals surface area contributed by atoms with Crippen molar-refractivity contribution in [3.63, 3.8) is 0 Å². The van der Waals surface area contributed by atoms with Crippen LogP contribution in [0.15, 0.2) is 60.9 Å². The van der Waals surface area contributed by atoms with Crippen LogP contribution in [0.1, 0.15) is 56.6 Å². The lowest BCUT2D eigenvalue weighted by Gasteiger charge is -2.30. The second-order valence-electron chi connectivity index (χ2n) is 8.81. The molecule has 0 aliphatic heterocycles. The van der Waals surface area contributed by atoms with E-state index in [0.29, 0.717) is 29.1 Å². The van der Waals surface area contributed by atoms with E-state index < -0.39 is 0 Å². The van der Waals surface area contributed by atoms with Crippen molar-refractivity contribution < 1.29 is 9.53 Å². The molecule has 8 heteroatoms. The number of nitrogens with two attached hydrogens (primary N) is 1. The van der Waals surface area contributed by atoms with Crippen LogP contribution in [0.3, 0.4) is 0 Å². The van der Waals surface area contributed by atoms with Crippen molar-refractivity contribution in [1.82, 2.24) is 15.3 Å². The van der Waals surface area contributed by atoms with Gasteiger partial charge in [-0.05, 0) is 68.5 Å². The first kappa shape index (κ1) is 24.2. The van der Waals surface area contributed by atoms with Crippen molar-refractivity contribution in [3.05, 3.63) is 72.1 Å². The van der Waals surface area contributed by atoms with Gasteiger partial charge in [0.25, 0.3) is 0 Å². The minimum Gasteiger partial charge on any atom is -0.457 e. The zero-order chi connectivity index (χ0) is 24.6. The van der Waals surface area contributed by atoms with Gasteiger partial charge in [-0.2, -0.15) is 0 Å². The van der Waals surface area contributed by atoms with Gasteiger partial charge in [-0.15, -0.1) is 0 Å². The molecule has 5 N–H and O–H groups in total. The maximum Gasteiger partial charge on any atom is 0.220 e. The molecule has 35 heavy (non-hydrogen) atoms. The first-order chi connectivity index (χ1) is 17.0. The summed E-state index contributed by atoms with van der Waals surface area (Å²) in [6.07, 6.45) is 6.46. The summed E-state index contributed by atoms with van der Waals surface area (Å²) in [6.45, 7) is 2.01. The Bertz CT molecular complexity index is 1140. The molecular weight excluding hydrogens is 440 g/mol. The van der Waals surface area contributed by atoms with Crippen molar-refractivity contribution in [2.75, 3.05) is 11.1 Å². The summed E-state index contributed by atoms with van der Waals surface area (Å²) in [7, 11) is 0. The fourth-order valence-electron chi connectivity index (χ4n) is 4.32. The third-order valence-corrected chi connectivity index (χ3v) is 6.16. The molecular formula is C27H32N6O2. The number of ether oxygens (including phenoxy) is 1. The Kier molecular flexibility index (Phi) is 7.92. The Morgan fingerprint density at radius 3 is 2.34 bits per heavy atom. The molecule has 182 valence electrons. The van der Waals surface area contributed by atoms with Gasteiger partial charge in [0.2, 0.25) is 5.91 Å². The molecule has 1 fully saturated rings. The summed E-state index contributed by atoms with van der Waals surface area (Å²) in [4.78, 5) is 20.4. The van der Waals surface area contributed by atoms with Crippen LogP contribution in [0, 0.1) is 5.41 Å². The molecule has 8 nitrogen and oxygen atoms in total. The Balaban J connectivity index is 1.42. The Morgan fingerprint density at radius 2 is 1.66 bits per heavy atom. The monoisotopic (exact) mass is 472 g/mol. The third-order valence-electron chi connectivity index (χ3n) is 6.16. The van der Waals surface area contributed by atoms with Gasteiger partial charge in [0.1, 0.15) is 29.5 Å². The zero-order valence-electron chi connectivity index (χ0n) is 20.0. The van der Waals surface area contributed by atoms with Gasteiger partial charge in [-0.25, -0.2) is 9.97 Å². The van der Waals surface area contributed by atoms with Crippen LogP contribution in [-0.4, -0.2) is 33.7 Å². The van der Waals surface area contributed by atoms with E-state index in [1.807, 2.05) is 61.5 Å². The number of anilines is 2. The number of amides is 1. The van der Waals surface area contributed by atoms with Crippen molar-refractivity contribution in [2.45, 2.75) is 57.5 Å². The average Bonchev–Trinajstić information content (AvgIpc) is 2.86. The van der Waals surface area contributed by atoms with E-state index in [1.165, 1.54) is 6.33 Å². The lowest BCUT2D eigenvalue weighted by molar-refractivity contribution is -0.122. The topological polar surface area (TPSA) is 126 Å². The third kappa shape index (κ3) is 6.35. The van der Waals surface area contributed by atoms with Gasteiger partial charge in [0, 0.05) is 24.1 Å². The van der Waals surface area contributed by atoms with Crippen LogP contribution in [0.25, 0.3) is 0 Å². The zero-order valence-corrected chi connectivity index (χ0v) is 20.0. The second kappa shape index (κ2) is 11.5. The number of nitrogens with zero attached hydrogens (tertiary/aromatic N) is 2. The largest absolute Gasteiger partial charge is 0.457 e. The van der Waals surface area contributed by atoms with Gasteiger partial charge in [-0.1, -0.05) is 25.1 Å². The number of rotatable bonds is 9. The Hall–Kier alpha value is -3.94. The van der Waals surface area contributed by atoms with E-state index in [0.717, 1.165) is 37.9 Å². The Morgan fingerprint density at radius 1 is 1.00 bits per heavy atom. The summed E-state index contributed by atoms with van der Waals surface area (Å²) < 4.78 is 5.85.